The van der Waals surface area contributed by atoms with Gasteiger partial charge in [0.25, 0.3) is 5.91 Å². The van der Waals surface area contributed by atoms with Crippen molar-refractivity contribution in [1.29, 1.82) is 0 Å². The Balaban J connectivity index is 1.42. The molecule has 186 valence electrons. The first-order chi connectivity index (χ1) is 17.2. The van der Waals surface area contributed by atoms with E-state index in [1.807, 2.05) is 24.3 Å². The van der Waals surface area contributed by atoms with Crippen LogP contribution in [0.1, 0.15) is 47.9 Å². The average molecular weight is 484 g/mol. The molecule has 1 fully saturated rings. The molecule has 13 heteroatoms. The van der Waals surface area contributed by atoms with Gasteiger partial charge in [-0.15, -0.1) is 5.10 Å². The molecule has 0 bridgehead atoms. The Morgan fingerprint density at radius 2 is 2.03 bits per heavy atom. The average Bonchev–Trinajstić information content (AvgIpc) is 3.49. The Kier molecular flexibility index (Phi) is 8.35. The highest BCUT2D eigenvalue weighted by atomic mass is 16.6. The Morgan fingerprint density at radius 1 is 1.23 bits per heavy atom. The standard InChI is InChI=1S/C22H29N9O4/c1-2-3-4-11-34-17-7-5-16(6-8-17)14-24-26-22(32)19-18(15-30-9-12-33-13-10-30)31(29-25-19)21-20(23)27-35-28-21/h5-8,14H,2-4,9-13,15H2,1H3,(H2,23,27)(H,26,32). The van der Waals surface area contributed by atoms with Gasteiger partial charge in [-0.25, -0.2) is 10.1 Å². The number of aromatic nitrogens is 5. The lowest BCUT2D eigenvalue weighted by Gasteiger charge is -2.26. The maximum absolute atomic E-state index is 12.9. The number of hydrogen-bond donors (Lipinski definition) is 2. The summed E-state index contributed by atoms with van der Waals surface area (Å²) in [6.07, 6.45) is 4.88. The predicted octanol–water partition coefficient (Wildman–Crippen LogP) is 1.40. The van der Waals surface area contributed by atoms with Gasteiger partial charge in [-0.2, -0.15) is 9.78 Å². The molecule has 1 aliphatic rings. The molecule has 0 unspecified atom stereocenters. The van der Waals surface area contributed by atoms with Crippen molar-refractivity contribution >= 4 is 17.9 Å². The number of morpholine rings is 1. The number of nitrogens with zero attached hydrogens (tertiary/aromatic N) is 7. The monoisotopic (exact) mass is 483 g/mol. The van der Waals surface area contributed by atoms with Crippen LogP contribution in [0.5, 0.6) is 5.75 Å². The zero-order valence-corrected chi connectivity index (χ0v) is 19.6. The zero-order chi connectivity index (χ0) is 24.5. The van der Waals surface area contributed by atoms with E-state index in [1.54, 1.807) is 6.21 Å². The summed E-state index contributed by atoms with van der Waals surface area (Å²) in [7, 11) is 0. The summed E-state index contributed by atoms with van der Waals surface area (Å²) in [5.74, 6) is 0.496. The fraction of sp³-hybridized carbons (Fsp3) is 0.455. The van der Waals surface area contributed by atoms with Crippen molar-refractivity contribution in [2.45, 2.75) is 32.7 Å². The van der Waals surface area contributed by atoms with Crippen molar-refractivity contribution in [3.8, 4) is 11.6 Å². The molecule has 3 aromatic rings. The van der Waals surface area contributed by atoms with E-state index in [4.69, 9.17) is 15.2 Å². The summed E-state index contributed by atoms with van der Waals surface area (Å²) in [5.41, 5.74) is 9.75. The van der Waals surface area contributed by atoms with Gasteiger partial charge in [-0.05, 0) is 46.6 Å². The first-order valence-electron chi connectivity index (χ1n) is 11.5. The molecule has 0 atom stereocenters. The third-order valence-corrected chi connectivity index (χ3v) is 5.43. The molecule has 1 amide bonds. The van der Waals surface area contributed by atoms with Crippen molar-refractivity contribution in [3.05, 3.63) is 41.2 Å². The number of nitrogen functional groups attached to an aromatic ring is 1. The van der Waals surface area contributed by atoms with E-state index >= 15 is 0 Å². The molecule has 0 aliphatic carbocycles. The van der Waals surface area contributed by atoms with E-state index in [2.05, 4.69) is 47.6 Å². The van der Waals surface area contributed by atoms with Crippen LogP contribution in [-0.2, 0) is 11.3 Å². The van der Waals surface area contributed by atoms with Crippen molar-refractivity contribution in [3.63, 3.8) is 0 Å². The second-order valence-corrected chi connectivity index (χ2v) is 7.98. The normalized spacial score (nSPS) is 14.4. The van der Waals surface area contributed by atoms with E-state index in [9.17, 15) is 4.79 Å². The number of hydrogen-bond acceptors (Lipinski definition) is 11. The van der Waals surface area contributed by atoms with Crippen LogP contribution in [0.15, 0.2) is 34.0 Å². The third kappa shape index (κ3) is 6.39. The van der Waals surface area contributed by atoms with Crippen LogP contribution in [0.25, 0.3) is 5.82 Å². The Labute approximate surface area is 202 Å². The largest absolute Gasteiger partial charge is 0.494 e. The number of carbonyl (C=O) groups excluding carboxylic acids is 1. The van der Waals surface area contributed by atoms with E-state index in [1.165, 1.54) is 4.68 Å². The number of carbonyl (C=O) groups is 1. The predicted molar refractivity (Wildman–Crippen MR) is 126 cm³/mol. The number of anilines is 1. The van der Waals surface area contributed by atoms with Gasteiger partial charge in [0.15, 0.2) is 5.69 Å². The highest BCUT2D eigenvalue weighted by Crippen LogP contribution is 2.18. The van der Waals surface area contributed by atoms with E-state index in [-0.39, 0.29) is 17.3 Å². The molecule has 35 heavy (non-hydrogen) atoms. The van der Waals surface area contributed by atoms with Crippen LogP contribution in [0.3, 0.4) is 0 Å². The molecule has 13 nitrogen and oxygen atoms in total. The summed E-state index contributed by atoms with van der Waals surface area (Å²) in [5, 5.41) is 19.5. The van der Waals surface area contributed by atoms with Crippen LogP contribution in [-0.4, -0.2) is 75.2 Å². The molecule has 1 aromatic carbocycles. The molecular weight excluding hydrogens is 454 g/mol. The highest BCUT2D eigenvalue weighted by molar-refractivity contribution is 5.94. The number of unbranched alkanes of at least 4 members (excludes halogenated alkanes) is 2. The molecule has 3 heterocycles. The lowest BCUT2D eigenvalue weighted by atomic mass is 10.2. The number of amides is 1. The van der Waals surface area contributed by atoms with Gasteiger partial charge in [0.2, 0.25) is 11.6 Å². The second kappa shape index (κ2) is 12.0. The lowest BCUT2D eigenvalue weighted by Crippen LogP contribution is -2.37. The Bertz CT molecular complexity index is 1120. The fourth-order valence-corrected chi connectivity index (χ4v) is 3.51. The van der Waals surface area contributed by atoms with Gasteiger partial charge in [0, 0.05) is 19.6 Å². The van der Waals surface area contributed by atoms with E-state index in [0.717, 1.165) is 30.6 Å². The quantitative estimate of drug-likeness (QED) is 0.232. The second-order valence-electron chi connectivity index (χ2n) is 7.98. The minimum Gasteiger partial charge on any atom is -0.494 e. The van der Waals surface area contributed by atoms with Crippen LogP contribution < -0.4 is 15.9 Å². The fourth-order valence-electron chi connectivity index (χ4n) is 3.51. The molecule has 0 radical (unpaired) electrons. The lowest BCUT2D eigenvalue weighted by molar-refractivity contribution is 0.0332. The van der Waals surface area contributed by atoms with Crippen molar-refractivity contribution in [1.82, 2.24) is 35.6 Å². The summed E-state index contributed by atoms with van der Waals surface area (Å²) in [4.78, 5) is 15.0. The summed E-state index contributed by atoms with van der Waals surface area (Å²) in [6, 6.07) is 7.48. The van der Waals surface area contributed by atoms with Gasteiger partial charge in [0.05, 0.1) is 31.7 Å². The van der Waals surface area contributed by atoms with E-state index < -0.39 is 5.91 Å². The van der Waals surface area contributed by atoms with Crippen LogP contribution in [0.2, 0.25) is 0 Å². The van der Waals surface area contributed by atoms with Gasteiger partial charge in [-0.1, -0.05) is 25.0 Å². The summed E-state index contributed by atoms with van der Waals surface area (Å²) < 4.78 is 17.2. The molecule has 1 aliphatic heterocycles. The minimum atomic E-state index is -0.512. The molecule has 0 spiro atoms. The summed E-state index contributed by atoms with van der Waals surface area (Å²) in [6.45, 7) is 5.84. The Hall–Kier alpha value is -3.84. The number of rotatable bonds is 11. The maximum Gasteiger partial charge on any atom is 0.293 e. The van der Waals surface area contributed by atoms with E-state index in [0.29, 0.717) is 45.1 Å². The topological polar surface area (TPSA) is 159 Å². The SMILES string of the molecule is CCCCCOc1ccc(C=NNC(=O)c2nnn(-c3nonc3N)c2CN2CCOCC2)cc1. The van der Waals surface area contributed by atoms with Crippen LogP contribution >= 0.6 is 0 Å². The molecule has 2 aromatic heterocycles. The molecule has 4 rings (SSSR count). The number of nitrogens with two attached hydrogens (primary N) is 1. The molecule has 0 saturated carbocycles. The highest BCUT2D eigenvalue weighted by Gasteiger charge is 2.26. The molecule has 1 saturated heterocycles. The Morgan fingerprint density at radius 3 is 2.74 bits per heavy atom. The first-order valence-corrected chi connectivity index (χ1v) is 11.5. The smallest absolute Gasteiger partial charge is 0.293 e. The zero-order valence-electron chi connectivity index (χ0n) is 19.6. The summed E-state index contributed by atoms with van der Waals surface area (Å²) >= 11 is 0. The third-order valence-electron chi connectivity index (χ3n) is 5.43. The number of hydrazone groups is 1. The maximum atomic E-state index is 12.9. The van der Waals surface area contributed by atoms with Crippen molar-refractivity contribution in [2.75, 3.05) is 38.6 Å². The number of ether oxygens (including phenoxy) is 2. The molecular formula is C22H29N9O4. The van der Waals surface area contributed by atoms with Gasteiger partial charge in [-0.3, -0.25) is 9.69 Å². The molecule has 3 N–H and O–H groups in total. The van der Waals surface area contributed by atoms with Crippen LogP contribution in [0, 0.1) is 0 Å². The first kappa shape index (κ1) is 24.3. The van der Waals surface area contributed by atoms with Gasteiger partial charge >= 0.3 is 0 Å². The van der Waals surface area contributed by atoms with Crippen molar-refractivity contribution in [2.24, 2.45) is 5.10 Å². The minimum absolute atomic E-state index is 0.0425. The van der Waals surface area contributed by atoms with Crippen LogP contribution in [0.4, 0.5) is 5.82 Å². The van der Waals surface area contributed by atoms with Crippen molar-refractivity contribution < 1.29 is 18.9 Å². The van der Waals surface area contributed by atoms with Gasteiger partial charge in [0.1, 0.15) is 5.75 Å². The van der Waals surface area contributed by atoms with Gasteiger partial charge < -0.3 is 15.2 Å². The number of benzene rings is 1. The number of nitrogens with one attached hydrogen (secondary N) is 1.